The van der Waals surface area contributed by atoms with Crippen molar-refractivity contribution >= 4 is 17.0 Å². The predicted octanol–water partition coefficient (Wildman–Crippen LogP) is 3.57. The molecular weight excluding hydrogens is 280 g/mol. The fraction of sp³-hybridized carbons (Fsp3) is 0.0556. The van der Waals surface area contributed by atoms with Gasteiger partial charge in [0.15, 0.2) is 5.43 Å². The minimum atomic E-state index is -0.270. The Balaban J connectivity index is 1.92. The average Bonchev–Trinajstić information content (AvgIpc) is 2.54. The van der Waals surface area contributed by atoms with E-state index in [-0.39, 0.29) is 16.6 Å². The zero-order valence-electron chi connectivity index (χ0n) is 11.6. The van der Waals surface area contributed by atoms with Gasteiger partial charge in [0.2, 0.25) is 0 Å². The molecule has 1 aromatic heterocycles. The summed E-state index contributed by atoms with van der Waals surface area (Å²) in [6, 6.07) is 11.8. The number of phenolic OH excluding ortho intramolecular Hbond substituents is 1. The second-order valence-corrected chi connectivity index (χ2v) is 5.09. The maximum Gasteiger partial charge on any atom is 0.197 e. The minimum Gasteiger partial charge on any atom is -0.507 e. The molecule has 0 atom stereocenters. The van der Waals surface area contributed by atoms with Crippen LogP contribution in [0.5, 0.6) is 11.5 Å². The molecule has 4 heteroatoms. The Morgan fingerprint density at radius 1 is 1.09 bits per heavy atom. The van der Waals surface area contributed by atoms with Crippen molar-refractivity contribution in [3.05, 3.63) is 64.3 Å². The van der Waals surface area contributed by atoms with Gasteiger partial charge in [-0.05, 0) is 24.3 Å². The zero-order valence-corrected chi connectivity index (χ0v) is 11.6. The van der Waals surface area contributed by atoms with Gasteiger partial charge in [0.1, 0.15) is 34.8 Å². The molecule has 0 saturated heterocycles. The molecule has 108 valence electrons. The Labute approximate surface area is 125 Å². The van der Waals surface area contributed by atoms with Gasteiger partial charge in [0.25, 0.3) is 0 Å². The third-order valence-electron chi connectivity index (χ3n) is 3.66. The Morgan fingerprint density at radius 2 is 2.00 bits per heavy atom. The standard InChI is InChI=1S/C18H12O4/c19-13-4-1-5-15-18(13)14(20)10-17(22-15)12-7-6-11-3-2-8-21-16(11)9-12/h1-7,9-10,19H,8H2. The molecule has 0 unspecified atom stereocenters. The van der Waals surface area contributed by atoms with E-state index in [4.69, 9.17) is 9.15 Å². The smallest absolute Gasteiger partial charge is 0.197 e. The van der Waals surface area contributed by atoms with Crippen LogP contribution in [-0.4, -0.2) is 11.7 Å². The molecule has 22 heavy (non-hydrogen) atoms. The first-order valence-corrected chi connectivity index (χ1v) is 6.92. The van der Waals surface area contributed by atoms with Crippen LogP contribution in [0.3, 0.4) is 0 Å². The summed E-state index contributed by atoms with van der Waals surface area (Å²) in [5.41, 5.74) is 1.85. The second-order valence-electron chi connectivity index (χ2n) is 5.09. The van der Waals surface area contributed by atoms with E-state index in [9.17, 15) is 9.90 Å². The lowest BCUT2D eigenvalue weighted by Gasteiger charge is -2.13. The molecule has 1 N–H and O–H groups in total. The summed E-state index contributed by atoms with van der Waals surface area (Å²) in [5.74, 6) is 1.14. The summed E-state index contributed by atoms with van der Waals surface area (Å²) < 4.78 is 11.3. The van der Waals surface area contributed by atoms with Gasteiger partial charge in [-0.2, -0.15) is 0 Å². The topological polar surface area (TPSA) is 59.7 Å². The van der Waals surface area contributed by atoms with Gasteiger partial charge < -0.3 is 14.3 Å². The van der Waals surface area contributed by atoms with Crippen LogP contribution in [-0.2, 0) is 0 Å². The van der Waals surface area contributed by atoms with Crippen LogP contribution in [0.15, 0.2) is 57.8 Å². The normalized spacial score (nSPS) is 12.9. The van der Waals surface area contributed by atoms with E-state index in [0.29, 0.717) is 18.0 Å². The summed E-state index contributed by atoms with van der Waals surface area (Å²) in [7, 11) is 0. The number of rotatable bonds is 1. The molecule has 0 bridgehead atoms. The van der Waals surface area contributed by atoms with E-state index < -0.39 is 0 Å². The van der Waals surface area contributed by atoms with E-state index in [1.54, 1.807) is 12.1 Å². The van der Waals surface area contributed by atoms with Gasteiger partial charge in [-0.1, -0.05) is 24.3 Å². The molecule has 2 heterocycles. The van der Waals surface area contributed by atoms with Crippen molar-refractivity contribution in [3.63, 3.8) is 0 Å². The summed E-state index contributed by atoms with van der Waals surface area (Å²) in [6.45, 7) is 0.534. The molecule has 3 aromatic rings. The van der Waals surface area contributed by atoms with E-state index in [1.165, 1.54) is 12.1 Å². The Bertz CT molecular complexity index is 966. The molecular formula is C18H12O4. The van der Waals surface area contributed by atoms with Crippen LogP contribution in [0.4, 0.5) is 0 Å². The maximum atomic E-state index is 12.2. The molecule has 0 saturated carbocycles. The number of hydrogen-bond donors (Lipinski definition) is 1. The second kappa shape index (κ2) is 4.77. The Kier molecular flexibility index (Phi) is 2.76. The Morgan fingerprint density at radius 3 is 2.91 bits per heavy atom. The highest BCUT2D eigenvalue weighted by Crippen LogP contribution is 2.31. The fourth-order valence-electron chi connectivity index (χ4n) is 2.60. The summed E-state index contributed by atoms with van der Waals surface area (Å²) in [6.07, 6.45) is 3.94. The number of aromatic hydroxyl groups is 1. The van der Waals surface area contributed by atoms with Crippen molar-refractivity contribution < 1.29 is 14.3 Å². The van der Waals surface area contributed by atoms with Crippen molar-refractivity contribution in [2.75, 3.05) is 6.61 Å². The van der Waals surface area contributed by atoms with Gasteiger partial charge >= 0.3 is 0 Å². The molecule has 4 rings (SSSR count). The van der Waals surface area contributed by atoms with E-state index in [0.717, 1.165) is 16.9 Å². The van der Waals surface area contributed by atoms with Crippen LogP contribution in [0, 0.1) is 0 Å². The predicted molar refractivity (Wildman–Crippen MR) is 84.1 cm³/mol. The van der Waals surface area contributed by atoms with Gasteiger partial charge in [-0.25, -0.2) is 0 Å². The van der Waals surface area contributed by atoms with Crippen molar-refractivity contribution in [2.24, 2.45) is 0 Å². The Hall–Kier alpha value is -3.01. The molecule has 0 aliphatic carbocycles. The monoisotopic (exact) mass is 292 g/mol. The van der Waals surface area contributed by atoms with E-state index in [1.807, 2.05) is 30.4 Å². The molecule has 2 aromatic carbocycles. The first-order valence-electron chi connectivity index (χ1n) is 6.92. The lowest BCUT2D eigenvalue weighted by molar-refractivity contribution is 0.358. The number of benzene rings is 2. The van der Waals surface area contributed by atoms with E-state index >= 15 is 0 Å². The van der Waals surface area contributed by atoms with Crippen LogP contribution in [0.25, 0.3) is 28.4 Å². The molecule has 0 spiro atoms. The number of fused-ring (bicyclic) bond motifs is 2. The maximum absolute atomic E-state index is 12.2. The quantitative estimate of drug-likeness (QED) is 0.745. The number of phenols is 1. The first kappa shape index (κ1) is 12.7. The lowest BCUT2D eigenvalue weighted by atomic mass is 10.1. The van der Waals surface area contributed by atoms with Gasteiger partial charge in [-0.3, -0.25) is 4.79 Å². The average molecular weight is 292 g/mol. The molecule has 0 radical (unpaired) electrons. The first-order chi connectivity index (χ1) is 10.7. The van der Waals surface area contributed by atoms with Crippen LogP contribution >= 0.6 is 0 Å². The van der Waals surface area contributed by atoms with Gasteiger partial charge in [0, 0.05) is 17.2 Å². The third kappa shape index (κ3) is 1.97. The lowest BCUT2D eigenvalue weighted by Crippen LogP contribution is -2.02. The highest BCUT2D eigenvalue weighted by molar-refractivity contribution is 5.84. The highest BCUT2D eigenvalue weighted by atomic mass is 16.5. The van der Waals surface area contributed by atoms with Crippen molar-refractivity contribution in [1.29, 1.82) is 0 Å². The van der Waals surface area contributed by atoms with Crippen LogP contribution < -0.4 is 10.2 Å². The minimum absolute atomic E-state index is 0.0725. The van der Waals surface area contributed by atoms with Crippen molar-refractivity contribution in [1.82, 2.24) is 0 Å². The summed E-state index contributed by atoms with van der Waals surface area (Å²) in [5, 5.41) is 9.98. The van der Waals surface area contributed by atoms with Crippen molar-refractivity contribution in [3.8, 4) is 22.8 Å². The number of hydrogen-bond acceptors (Lipinski definition) is 4. The summed E-state index contributed by atoms with van der Waals surface area (Å²) in [4.78, 5) is 12.2. The third-order valence-corrected chi connectivity index (χ3v) is 3.66. The van der Waals surface area contributed by atoms with Gasteiger partial charge in [-0.15, -0.1) is 0 Å². The van der Waals surface area contributed by atoms with Crippen LogP contribution in [0.1, 0.15) is 5.56 Å². The number of ether oxygens (including phenoxy) is 1. The molecule has 1 aliphatic heterocycles. The van der Waals surface area contributed by atoms with Crippen LogP contribution in [0.2, 0.25) is 0 Å². The summed E-state index contributed by atoms with van der Waals surface area (Å²) >= 11 is 0. The molecule has 4 nitrogen and oxygen atoms in total. The fourth-order valence-corrected chi connectivity index (χ4v) is 2.60. The largest absolute Gasteiger partial charge is 0.507 e. The van der Waals surface area contributed by atoms with Crippen molar-refractivity contribution in [2.45, 2.75) is 0 Å². The highest BCUT2D eigenvalue weighted by Gasteiger charge is 2.12. The molecule has 0 fully saturated rings. The van der Waals surface area contributed by atoms with Gasteiger partial charge in [0.05, 0.1) is 0 Å². The molecule has 0 amide bonds. The SMILES string of the molecule is O=c1cc(-c2ccc3c(c2)OCC=C3)oc2cccc(O)c12. The zero-order chi connectivity index (χ0) is 15.1. The molecule has 1 aliphatic rings. The van der Waals surface area contributed by atoms with E-state index in [2.05, 4.69) is 0 Å².